The van der Waals surface area contributed by atoms with Crippen LogP contribution in [0.1, 0.15) is 69.7 Å². The van der Waals surface area contributed by atoms with Gasteiger partial charge in [-0.05, 0) is 58.6 Å². The quantitative estimate of drug-likeness (QED) is 0.822. The number of rotatable bonds is 3. The van der Waals surface area contributed by atoms with Crippen molar-refractivity contribution in [2.45, 2.75) is 64.8 Å². The van der Waals surface area contributed by atoms with Gasteiger partial charge in [-0.2, -0.15) is 0 Å². The molecule has 142 valence electrons. The summed E-state index contributed by atoms with van der Waals surface area (Å²) in [4.78, 5) is 25.9. The van der Waals surface area contributed by atoms with Crippen molar-refractivity contribution < 1.29 is 14.3 Å². The van der Waals surface area contributed by atoms with E-state index in [-0.39, 0.29) is 11.8 Å². The lowest BCUT2D eigenvalue weighted by Crippen LogP contribution is -2.56. The van der Waals surface area contributed by atoms with E-state index in [9.17, 15) is 9.59 Å². The summed E-state index contributed by atoms with van der Waals surface area (Å²) >= 11 is 0. The van der Waals surface area contributed by atoms with Crippen LogP contribution < -0.4 is 10.2 Å². The van der Waals surface area contributed by atoms with Gasteiger partial charge in [0.15, 0.2) is 0 Å². The van der Waals surface area contributed by atoms with E-state index >= 15 is 0 Å². The van der Waals surface area contributed by atoms with Crippen molar-refractivity contribution in [3.8, 4) is 5.75 Å². The molecule has 0 fully saturated rings. The minimum absolute atomic E-state index is 0.123. The number of allylic oxidation sites excluding steroid dienone is 1. The lowest BCUT2D eigenvalue weighted by molar-refractivity contribution is -0.135. The van der Waals surface area contributed by atoms with E-state index in [1.807, 2.05) is 32.9 Å². The number of hydrogen-bond donors (Lipinski definition) is 1. The van der Waals surface area contributed by atoms with Gasteiger partial charge in [0.1, 0.15) is 5.75 Å². The Morgan fingerprint density at radius 1 is 1.08 bits per heavy atom. The Kier molecular flexibility index (Phi) is 6.83. The molecular formula is C21H30N2O3. The van der Waals surface area contributed by atoms with Crippen LogP contribution >= 0.6 is 0 Å². The first kappa shape index (κ1) is 20.0. The van der Waals surface area contributed by atoms with Crippen LogP contribution in [0.2, 0.25) is 0 Å². The van der Waals surface area contributed by atoms with Crippen LogP contribution in [0, 0.1) is 0 Å². The molecule has 1 N–H and O–H groups in total. The molecule has 0 aliphatic heterocycles. The highest BCUT2D eigenvalue weighted by Crippen LogP contribution is 2.23. The molecule has 0 spiro atoms. The fourth-order valence-electron chi connectivity index (χ4n) is 3.05. The molecule has 0 aromatic heterocycles. The summed E-state index contributed by atoms with van der Waals surface area (Å²) in [5, 5.41) is 1.45. The zero-order chi connectivity index (χ0) is 19.2. The molecule has 5 heteroatoms. The number of nitrogens with one attached hydrogen (secondary N) is 1. The predicted molar refractivity (Wildman–Crippen MR) is 103 cm³/mol. The molecule has 26 heavy (non-hydrogen) atoms. The number of ether oxygens (including phenoxy) is 1. The van der Waals surface area contributed by atoms with Gasteiger partial charge < -0.3 is 4.74 Å². The van der Waals surface area contributed by atoms with Gasteiger partial charge in [0.05, 0.1) is 18.2 Å². The number of amides is 2. The first-order valence-corrected chi connectivity index (χ1v) is 9.32. The Bertz CT molecular complexity index is 674. The van der Waals surface area contributed by atoms with Gasteiger partial charge in [-0.15, -0.1) is 0 Å². The topological polar surface area (TPSA) is 58.6 Å². The van der Waals surface area contributed by atoms with Crippen LogP contribution in [0.3, 0.4) is 0 Å². The largest absolute Gasteiger partial charge is 0.496 e. The molecule has 2 amide bonds. The molecule has 0 bridgehead atoms. The van der Waals surface area contributed by atoms with Crippen LogP contribution in [-0.4, -0.2) is 29.5 Å². The third-order valence-corrected chi connectivity index (χ3v) is 4.50. The molecule has 2 rings (SSSR count). The summed E-state index contributed by atoms with van der Waals surface area (Å²) < 4.78 is 5.27. The van der Waals surface area contributed by atoms with Crippen molar-refractivity contribution >= 4 is 11.8 Å². The second-order valence-electron chi connectivity index (χ2n) is 7.63. The Morgan fingerprint density at radius 3 is 2.46 bits per heavy atom. The van der Waals surface area contributed by atoms with Crippen LogP contribution in [-0.2, 0) is 4.79 Å². The van der Waals surface area contributed by atoms with Gasteiger partial charge in [-0.25, -0.2) is 5.01 Å². The van der Waals surface area contributed by atoms with E-state index in [4.69, 9.17) is 4.74 Å². The number of hydrazine groups is 1. The highest BCUT2D eigenvalue weighted by atomic mass is 16.5. The SMILES string of the molecule is COc1ccccc1C(=O)NN(C(=O)C1=CCCCCCC1)C(C)(C)C. The zero-order valence-corrected chi connectivity index (χ0v) is 16.3. The highest BCUT2D eigenvalue weighted by Gasteiger charge is 2.31. The molecule has 5 nitrogen and oxygen atoms in total. The zero-order valence-electron chi connectivity index (χ0n) is 16.3. The van der Waals surface area contributed by atoms with E-state index in [0.717, 1.165) is 37.7 Å². The smallest absolute Gasteiger partial charge is 0.273 e. The number of carbonyl (C=O) groups excluding carboxylic acids is 2. The fraction of sp³-hybridized carbons (Fsp3) is 0.524. The molecule has 1 aliphatic carbocycles. The molecule has 1 aliphatic rings. The third kappa shape index (κ3) is 5.10. The summed E-state index contributed by atoms with van der Waals surface area (Å²) in [5.41, 5.74) is 3.46. The van der Waals surface area contributed by atoms with Crippen molar-refractivity contribution in [1.82, 2.24) is 10.4 Å². The molecule has 0 radical (unpaired) electrons. The number of nitrogens with zero attached hydrogens (tertiary/aromatic N) is 1. The monoisotopic (exact) mass is 358 g/mol. The van der Waals surface area contributed by atoms with Gasteiger partial charge in [0.25, 0.3) is 11.8 Å². The minimum atomic E-state index is -0.544. The fourth-order valence-corrected chi connectivity index (χ4v) is 3.05. The molecule has 0 saturated heterocycles. The first-order chi connectivity index (χ1) is 12.3. The first-order valence-electron chi connectivity index (χ1n) is 9.32. The lowest BCUT2D eigenvalue weighted by Gasteiger charge is -2.36. The number of methoxy groups -OCH3 is 1. The number of benzene rings is 1. The van der Waals surface area contributed by atoms with Gasteiger partial charge in [-0.1, -0.05) is 31.1 Å². The maximum absolute atomic E-state index is 13.1. The molecule has 0 unspecified atom stereocenters. The second kappa shape index (κ2) is 8.88. The Hall–Kier alpha value is -2.30. The highest BCUT2D eigenvalue weighted by molar-refractivity contribution is 6.00. The Labute approximate surface area is 156 Å². The summed E-state index contributed by atoms with van der Waals surface area (Å²) in [6.45, 7) is 5.74. The molecule has 0 atom stereocenters. The summed E-state index contributed by atoms with van der Waals surface area (Å²) in [6, 6.07) is 7.00. The predicted octanol–water partition coefficient (Wildman–Crippen LogP) is 4.25. The van der Waals surface area contributed by atoms with E-state index in [1.165, 1.54) is 18.5 Å². The molecule has 1 aromatic carbocycles. The van der Waals surface area contributed by atoms with Gasteiger partial charge in [-0.3, -0.25) is 15.0 Å². The van der Waals surface area contributed by atoms with Crippen LogP contribution in [0.5, 0.6) is 5.75 Å². The lowest BCUT2D eigenvalue weighted by atomic mass is 9.98. The van der Waals surface area contributed by atoms with Gasteiger partial charge in [0, 0.05) is 5.57 Å². The van der Waals surface area contributed by atoms with Gasteiger partial charge in [0.2, 0.25) is 0 Å². The van der Waals surface area contributed by atoms with E-state index < -0.39 is 5.54 Å². The number of hydrogen-bond acceptors (Lipinski definition) is 3. The van der Waals surface area contributed by atoms with E-state index in [1.54, 1.807) is 18.2 Å². The standard InChI is InChI=1S/C21H30N2O3/c1-21(2,3)23(20(25)16-12-8-6-5-7-9-13-16)22-19(24)17-14-10-11-15-18(17)26-4/h10-12,14-15H,5-9,13H2,1-4H3,(H,22,24). The van der Waals surface area contributed by atoms with Crippen molar-refractivity contribution in [2.24, 2.45) is 0 Å². The van der Waals surface area contributed by atoms with Crippen LogP contribution in [0.25, 0.3) is 0 Å². The van der Waals surface area contributed by atoms with Crippen molar-refractivity contribution in [3.05, 3.63) is 41.5 Å². The van der Waals surface area contributed by atoms with E-state index in [0.29, 0.717) is 11.3 Å². The Morgan fingerprint density at radius 2 is 1.77 bits per heavy atom. The number of para-hydroxylation sites is 1. The van der Waals surface area contributed by atoms with Crippen molar-refractivity contribution in [1.29, 1.82) is 0 Å². The normalized spacial score (nSPS) is 15.3. The minimum Gasteiger partial charge on any atom is -0.496 e. The van der Waals surface area contributed by atoms with Gasteiger partial charge >= 0.3 is 0 Å². The maximum atomic E-state index is 13.1. The summed E-state index contributed by atoms with van der Waals surface area (Å²) in [5.74, 6) is 0.0105. The Balaban J connectivity index is 2.24. The molecule has 0 saturated carbocycles. The van der Waals surface area contributed by atoms with Crippen molar-refractivity contribution in [2.75, 3.05) is 7.11 Å². The average molecular weight is 358 g/mol. The van der Waals surface area contributed by atoms with Crippen molar-refractivity contribution in [3.63, 3.8) is 0 Å². The number of carbonyl (C=O) groups is 2. The molecule has 0 heterocycles. The average Bonchev–Trinajstić information content (AvgIpc) is 2.57. The molecular weight excluding hydrogens is 328 g/mol. The third-order valence-electron chi connectivity index (χ3n) is 4.50. The second-order valence-corrected chi connectivity index (χ2v) is 7.63. The van der Waals surface area contributed by atoms with Crippen LogP contribution in [0.15, 0.2) is 35.9 Å². The van der Waals surface area contributed by atoms with E-state index in [2.05, 4.69) is 5.43 Å². The summed E-state index contributed by atoms with van der Waals surface area (Å²) in [6.07, 6.45) is 8.19. The molecule has 1 aromatic rings. The van der Waals surface area contributed by atoms with Crippen LogP contribution in [0.4, 0.5) is 0 Å². The maximum Gasteiger partial charge on any atom is 0.273 e. The summed E-state index contributed by atoms with van der Waals surface area (Å²) in [7, 11) is 1.53.